The van der Waals surface area contributed by atoms with Crippen LogP contribution in [0.5, 0.6) is 5.75 Å². The molecule has 0 bridgehead atoms. The molecule has 0 saturated carbocycles. The quantitative estimate of drug-likeness (QED) is 0.783. The standard InChI is InChI=1S/C18H14ClN3O/c1-23-15-8-6-14(7-9-15)22-11-17(16(10-20)18(22)21)12-2-4-13(19)5-3-12/h2-9,11H,21H2,1H3. The molecule has 0 fully saturated rings. The van der Waals surface area contributed by atoms with Crippen molar-refractivity contribution in [2.75, 3.05) is 12.8 Å². The minimum Gasteiger partial charge on any atom is -0.497 e. The summed E-state index contributed by atoms with van der Waals surface area (Å²) in [4.78, 5) is 0. The second-order valence-corrected chi connectivity index (χ2v) is 5.43. The highest BCUT2D eigenvalue weighted by molar-refractivity contribution is 6.30. The Hall–Kier alpha value is -2.90. The predicted octanol–water partition coefficient (Wildman–Crippen LogP) is 4.26. The zero-order valence-corrected chi connectivity index (χ0v) is 13.2. The molecule has 23 heavy (non-hydrogen) atoms. The number of ether oxygens (including phenoxy) is 1. The molecular weight excluding hydrogens is 310 g/mol. The van der Waals surface area contributed by atoms with Crippen LogP contribution in [0.15, 0.2) is 54.7 Å². The van der Waals surface area contributed by atoms with Gasteiger partial charge in [0.05, 0.1) is 7.11 Å². The van der Waals surface area contributed by atoms with Crippen LogP contribution in [0.4, 0.5) is 5.82 Å². The summed E-state index contributed by atoms with van der Waals surface area (Å²) in [5, 5.41) is 10.1. The summed E-state index contributed by atoms with van der Waals surface area (Å²) in [7, 11) is 1.62. The van der Waals surface area contributed by atoms with Crippen LogP contribution >= 0.6 is 11.6 Å². The number of hydrogen-bond donors (Lipinski definition) is 1. The molecule has 2 N–H and O–H groups in total. The van der Waals surface area contributed by atoms with E-state index >= 15 is 0 Å². The molecule has 114 valence electrons. The van der Waals surface area contributed by atoms with Crippen LogP contribution in [-0.4, -0.2) is 11.7 Å². The Morgan fingerprint density at radius 2 is 1.74 bits per heavy atom. The molecule has 0 radical (unpaired) electrons. The Bertz CT molecular complexity index is 874. The Morgan fingerprint density at radius 3 is 2.30 bits per heavy atom. The highest BCUT2D eigenvalue weighted by Gasteiger charge is 2.16. The van der Waals surface area contributed by atoms with E-state index in [0.29, 0.717) is 16.4 Å². The van der Waals surface area contributed by atoms with Crippen LogP contribution in [0, 0.1) is 11.3 Å². The minimum atomic E-state index is 0.405. The monoisotopic (exact) mass is 323 g/mol. The van der Waals surface area contributed by atoms with Crippen LogP contribution in [0.3, 0.4) is 0 Å². The summed E-state index contributed by atoms with van der Waals surface area (Å²) in [6.07, 6.45) is 1.86. The predicted molar refractivity (Wildman–Crippen MR) is 91.9 cm³/mol. The molecule has 0 aliphatic rings. The van der Waals surface area contributed by atoms with Gasteiger partial charge in [0.15, 0.2) is 0 Å². The lowest BCUT2D eigenvalue weighted by atomic mass is 10.1. The van der Waals surface area contributed by atoms with E-state index in [2.05, 4.69) is 6.07 Å². The molecule has 0 aliphatic heterocycles. The maximum absolute atomic E-state index is 9.47. The van der Waals surface area contributed by atoms with Crippen molar-refractivity contribution in [3.05, 3.63) is 65.3 Å². The highest BCUT2D eigenvalue weighted by atomic mass is 35.5. The fraction of sp³-hybridized carbons (Fsp3) is 0.0556. The summed E-state index contributed by atoms with van der Waals surface area (Å²) in [6, 6.07) is 17.0. The molecule has 0 atom stereocenters. The van der Waals surface area contributed by atoms with Crippen molar-refractivity contribution >= 4 is 17.4 Å². The maximum Gasteiger partial charge on any atom is 0.126 e. The van der Waals surface area contributed by atoms with Crippen LogP contribution < -0.4 is 10.5 Å². The van der Waals surface area contributed by atoms with Gasteiger partial charge in [-0.05, 0) is 42.0 Å². The molecule has 3 aromatic rings. The molecule has 0 amide bonds. The molecule has 1 heterocycles. The summed E-state index contributed by atoms with van der Waals surface area (Å²) < 4.78 is 6.95. The SMILES string of the molecule is COc1ccc(-n2cc(-c3ccc(Cl)cc3)c(C#N)c2N)cc1. The van der Waals surface area contributed by atoms with E-state index in [1.54, 1.807) is 23.8 Å². The number of nitrogens with zero attached hydrogens (tertiary/aromatic N) is 2. The van der Waals surface area contributed by atoms with Crippen molar-refractivity contribution in [3.63, 3.8) is 0 Å². The molecule has 0 aliphatic carbocycles. The van der Waals surface area contributed by atoms with Crippen LogP contribution in [0.25, 0.3) is 16.8 Å². The molecule has 2 aromatic carbocycles. The Balaban J connectivity index is 2.12. The van der Waals surface area contributed by atoms with Gasteiger partial charge in [-0.3, -0.25) is 0 Å². The normalized spacial score (nSPS) is 10.3. The first-order valence-corrected chi connectivity index (χ1v) is 7.33. The van der Waals surface area contributed by atoms with Crippen LogP contribution in [0.1, 0.15) is 5.56 Å². The lowest BCUT2D eigenvalue weighted by molar-refractivity contribution is 0.415. The molecule has 0 spiro atoms. The third kappa shape index (κ3) is 2.75. The number of aromatic nitrogens is 1. The first kappa shape index (κ1) is 15.0. The van der Waals surface area contributed by atoms with E-state index in [1.807, 2.05) is 42.6 Å². The van der Waals surface area contributed by atoms with Gasteiger partial charge >= 0.3 is 0 Å². The van der Waals surface area contributed by atoms with Crippen molar-refractivity contribution in [3.8, 4) is 28.6 Å². The number of hydrogen-bond acceptors (Lipinski definition) is 3. The van der Waals surface area contributed by atoms with Gasteiger partial charge in [-0.1, -0.05) is 23.7 Å². The lowest BCUT2D eigenvalue weighted by Crippen LogP contribution is -1.99. The Morgan fingerprint density at radius 1 is 1.09 bits per heavy atom. The zero-order chi connectivity index (χ0) is 16.4. The number of nitrogen functional groups attached to an aromatic ring is 1. The van der Waals surface area contributed by atoms with E-state index < -0.39 is 0 Å². The van der Waals surface area contributed by atoms with Gasteiger partial charge in [0.2, 0.25) is 0 Å². The van der Waals surface area contributed by atoms with E-state index in [1.165, 1.54) is 0 Å². The molecular formula is C18H14ClN3O. The number of anilines is 1. The van der Waals surface area contributed by atoms with Crippen molar-refractivity contribution in [2.24, 2.45) is 0 Å². The second-order valence-electron chi connectivity index (χ2n) is 4.99. The van der Waals surface area contributed by atoms with Gasteiger partial charge in [-0.15, -0.1) is 0 Å². The zero-order valence-electron chi connectivity index (χ0n) is 12.5. The second kappa shape index (κ2) is 6.07. The van der Waals surface area contributed by atoms with Gasteiger partial charge in [-0.25, -0.2) is 0 Å². The Labute approximate surface area is 139 Å². The number of methoxy groups -OCH3 is 1. The van der Waals surface area contributed by atoms with Gasteiger partial charge in [0.1, 0.15) is 23.2 Å². The van der Waals surface area contributed by atoms with E-state index in [-0.39, 0.29) is 0 Å². The number of nitrogens with two attached hydrogens (primary N) is 1. The van der Waals surface area contributed by atoms with E-state index in [0.717, 1.165) is 22.6 Å². The first-order valence-electron chi connectivity index (χ1n) is 6.95. The summed E-state index contributed by atoms with van der Waals surface area (Å²) in [5.74, 6) is 1.17. The minimum absolute atomic E-state index is 0.405. The average molecular weight is 324 g/mol. The molecule has 0 unspecified atom stereocenters. The highest BCUT2D eigenvalue weighted by Crippen LogP contribution is 2.32. The van der Waals surface area contributed by atoms with Crippen molar-refractivity contribution in [1.82, 2.24) is 4.57 Å². The number of benzene rings is 2. The van der Waals surface area contributed by atoms with Gasteiger partial charge in [0.25, 0.3) is 0 Å². The topological polar surface area (TPSA) is 64.0 Å². The van der Waals surface area contributed by atoms with Crippen molar-refractivity contribution in [2.45, 2.75) is 0 Å². The van der Waals surface area contributed by atoms with Crippen LogP contribution in [-0.2, 0) is 0 Å². The van der Waals surface area contributed by atoms with Gasteiger partial charge in [0, 0.05) is 22.5 Å². The lowest BCUT2D eigenvalue weighted by Gasteiger charge is -2.06. The third-order valence-corrected chi connectivity index (χ3v) is 3.91. The summed E-state index contributed by atoms with van der Waals surface area (Å²) in [5.41, 5.74) is 9.14. The number of rotatable bonds is 3. The van der Waals surface area contributed by atoms with E-state index in [9.17, 15) is 5.26 Å². The smallest absolute Gasteiger partial charge is 0.126 e. The molecule has 0 saturated heterocycles. The Kier molecular flexibility index (Phi) is 3.96. The first-order chi connectivity index (χ1) is 11.1. The van der Waals surface area contributed by atoms with Crippen molar-refractivity contribution in [1.29, 1.82) is 5.26 Å². The fourth-order valence-corrected chi connectivity index (χ4v) is 2.57. The molecule has 5 heteroatoms. The fourth-order valence-electron chi connectivity index (χ4n) is 2.44. The number of nitriles is 1. The third-order valence-electron chi connectivity index (χ3n) is 3.66. The molecule has 3 rings (SSSR count). The van der Waals surface area contributed by atoms with E-state index in [4.69, 9.17) is 22.1 Å². The summed E-state index contributed by atoms with van der Waals surface area (Å²) in [6.45, 7) is 0. The molecule has 1 aromatic heterocycles. The van der Waals surface area contributed by atoms with Gasteiger partial charge < -0.3 is 15.0 Å². The maximum atomic E-state index is 9.47. The molecule has 4 nitrogen and oxygen atoms in total. The average Bonchev–Trinajstić information content (AvgIpc) is 2.92. The van der Waals surface area contributed by atoms with Gasteiger partial charge in [-0.2, -0.15) is 5.26 Å². The summed E-state index contributed by atoms with van der Waals surface area (Å²) >= 11 is 5.93. The van der Waals surface area contributed by atoms with Crippen LogP contribution in [0.2, 0.25) is 5.02 Å². The largest absolute Gasteiger partial charge is 0.497 e. The number of halogens is 1. The van der Waals surface area contributed by atoms with Crippen molar-refractivity contribution < 1.29 is 4.74 Å².